The number of nitrogen functional groups attached to an aromatic ring is 1. The van der Waals surface area contributed by atoms with E-state index in [-0.39, 0.29) is 30.4 Å². The van der Waals surface area contributed by atoms with E-state index in [0.717, 1.165) is 33.4 Å². The standard InChI is InChI=1S/C47H41N5O4/c48-44-50-42-41(43(54)51-44)49-33-52(42)34-56-45(31-53,46(35-19-7-1-8-20-35,36-21-9-2-10-22-36)37-23-11-3-12-24-37)32-55-47(38-25-13-4-14-26-38,39-27-15-5-16-28-39)40-29-17-6-18-30-40/h1-30,33,53H,31-32,34H2,(H3,48,50,51,54). The van der Waals surface area contributed by atoms with Gasteiger partial charge in [-0.25, -0.2) is 4.98 Å². The van der Waals surface area contributed by atoms with Crippen molar-refractivity contribution >= 4 is 17.1 Å². The van der Waals surface area contributed by atoms with Crippen molar-refractivity contribution in [2.75, 3.05) is 18.9 Å². The van der Waals surface area contributed by atoms with Gasteiger partial charge in [0, 0.05) is 0 Å². The SMILES string of the molecule is Nc1nc2c(ncn2COC(CO)(COC(c2ccccc2)(c2ccccc2)c2ccccc2)C(c2ccccc2)(c2ccccc2)c2ccccc2)c(=O)[nH]1. The number of aliphatic hydroxyl groups excluding tert-OH is 1. The second-order valence-electron chi connectivity index (χ2n) is 13.7. The molecule has 56 heavy (non-hydrogen) atoms. The van der Waals surface area contributed by atoms with Crippen LogP contribution in [0.2, 0.25) is 0 Å². The molecule has 278 valence electrons. The lowest BCUT2D eigenvalue weighted by Gasteiger charge is -2.52. The van der Waals surface area contributed by atoms with Crippen molar-refractivity contribution in [2.24, 2.45) is 0 Å². The summed E-state index contributed by atoms with van der Waals surface area (Å²) in [5.41, 5.74) is 7.28. The Bertz CT molecular complexity index is 2360. The van der Waals surface area contributed by atoms with Gasteiger partial charge < -0.3 is 20.3 Å². The van der Waals surface area contributed by atoms with Crippen molar-refractivity contribution in [3.63, 3.8) is 0 Å². The van der Waals surface area contributed by atoms with Gasteiger partial charge in [-0.05, 0) is 33.4 Å². The predicted octanol–water partition coefficient (Wildman–Crippen LogP) is 7.45. The Balaban J connectivity index is 1.41. The smallest absolute Gasteiger partial charge is 0.280 e. The highest BCUT2D eigenvalue weighted by Gasteiger charge is 2.57. The summed E-state index contributed by atoms with van der Waals surface area (Å²) in [6, 6.07) is 60.5. The maximum Gasteiger partial charge on any atom is 0.280 e. The van der Waals surface area contributed by atoms with Gasteiger partial charge in [-0.15, -0.1) is 0 Å². The van der Waals surface area contributed by atoms with Gasteiger partial charge in [0.25, 0.3) is 5.56 Å². The molecule has 8 rings (SSSR count). The molecule has 2 heterocycles. The van der Waals surface area contributed by atoms with Crippen molar-refractivity contribution in [3.8, 4) is 0 Å². The number of hydrogen-bond donors (Lipinski definition) is 3. The second kappa shape index (κ2) is 15.6. The van der Waals surface area contributed by atoms with Crippen LogP contribution < -0.4 is 11.3 Å². The van der Waals surface area contributed by atoms with Gasteiger partial charge in [0.05, 0.1) is 25.0 Å². The highest BCUT2D eigenvalue weighted by molar-refractivity contribution is 5.70. The van der Waals surface area contributed by atoms with Crippen LogP contribution in [-0.2, 0) is 27.2 Å². The zero-order valence-electron chi connectivity index (χ0n) is 30.6. The molecule has 0 spiro atoms. The third kappa shape index (κ3) is 6.27. The van der Waals surface area contributed by atoms with Crippen LogP contribution in [0.3, 0.4) is 0 Å². The number of imidazole rings is 1. The van der Waals surface area contributed by atoms with E-state index in [1.165, 1.54) is 6.33 Å². The molecule has 0 aliphatic rings. The summed E-state index contributed by atoms with van der Waals surface area (Å²) in [6.07, 6.45) is 1.49. The van der Waals surface area contributed by atoms with Crippen molar-refractivity contribution in [1.82, 2.24) is 19.5 Å². The predicted molar refractivity (Wildman–Crippen MR) is 218 cm³/mol. The summed E-state index contributed by atoms with van der Waals surface area (Å²) < 4.78 is 16.5. The molecule has 8 aromatic rings. The van der Waals surface area contributed by atoms with Crippen LogP contribution in [0.5, 0.6) is 0 Å². The molecule has 9 nitrogen and oxygen atoms in total. The molecule has 0 amide bonds. The number of aliphatic hydroxyl groups is 1. The molecule has 6 aromatic carbocycles. The first-order valence-corrected chi connectivity index (χ1v) is 18.4. The molecule has 0 aliphatic heterocycles. The van der Waals surface area contributed by atoms with Gasteiger partial charge in [0.1, 0.15) is 17.9 Å². The molecule has 0 saturated carbocycles. The number of ether oxygens (including phenoxy) is 2. The maximum atomic E-state index is 12.8. The number of aromatic amines is 1. The molecular weight excluding hydrogens is 699 g/mol. The number of nitrogens with one attached hydrogen (secondary N) is 1. The van der Waals surface area contributed by atoms with E-state index >= 15 is 0 Å². The van der Waals surface area contributed by atoms with Crippen LogP contribution in [0.25, 0.3) is 11.2 Å². The fourth-order valence-corrected chi connectivity index (χ4v) is 8.07. The Morgan fingerprint density at radius 2 is 0.982 bits per heavy atom. The topological polar surface area (TPSA) is 128 Å². The molecular formula is C47H41N5O4. The zero-order valence-corrected chi connectivity index (χ0v) is 30.6. The van der Waals surface area contributed by atoms with E-state index in [1.807, 2.05) is 109 Å². The molecule has 2 aromatic heterocycles. The van der Waals surface area contributed by atoms with Crippen molar-refractivity contribution in [2.45, 2.75) is 23.3 Å². The van der Waals surface area contributed by atoms with Crippen LogP contribution in [0, 0.1) is 0 Å². The van der Waals surface area contributed by atoms with Crippen molar-refractivity contribution < 1.29 is 14.6 Å². The summed E-state index contributed by atoms with van der Waals surface area (Å²) in [5, 5.41) is 12.3. The lowest BCUT2D eigenvalue weighted by molar-refractivity contribution is -0.186. The normalized spacial score (nSPS) is 13.0. The highest BCUT2D eigenvalue weighted by Crippen LogP contribution is 2.51. The number of rotatable bonds is 14. The summed E-state index contributed by atoms with van der Waals surface area (Å²) >= 11 is 0. The summed E-state index contributed by atoms with van der Waals surface area (Å²) in [6.45, 7) is -0.799. The van der Waals surface area contributed by atoms with Crippen molar-refractivity contribution in [3.05, 3.63) is 232 Å². The highest BCUT2D eigenvalue weighted by atomic mass is 16.6. The van der Waals surface area contributed by atoms with Gasteiger partial charge in [-0.3, -0.25) is 14.3 Å². The van der Waals surface area contributed by atoms with E-state index in [2.05, 4.69) is 87.7 Å². The summed E-state index contributed by atoms with van der Waals surface area (Å²) in [4.78, 5) is 24.1. The quantitative estimate of drug-likeness (QED) is 0.0989. The molecule has 4 N–H and O–H groups in total. The van der Waals surface area contributed by atoms with E-state index in [9.17, 15) is 9.90 Å². The van der Waals surface area contributed by atoms with Crippen LogP contribution in [-0.4, -0.2) is 43.4 Å². The van der Waals surface area contributed by atoms with Gasteiger partial charge in [-0.2, -0.15) is 4.98 Å². The Morgan fingerprint density at radius 1 is 0.589 bits per heavy atom. The number of fused-ring (bicyclic) bond motifs is 1. The first kappa shape index (κ1) is 36.3. The van der Waals surface area contributed by atoms with Crippen LogP contribution in [0.1, 0.15) is 33.4 Å². The largest absolute Gasteiger partial charge is 0.393 e. The number of aromatic nitrogens is 4. The monoisotopic (exact) mass is 739 g/mol. The minimum absolute atomic E-state index is 0.0495. The van der Waals surface area contributed by atoms with Gasteiger partial charge in [-0.1, -0.05) is 182 Å². The van der Waals surface area contributed by atoms with Crippen molar-refractivity contribution in [1.29, 1.82) is 0 Å². The fraction of sp³-hybridized carbons (Fsp3) is 0.128. The number of anilines is 1. The summed E-state index contributed by atoms with van der Waals surface area (Å²) in [7, 11) is 0. The first-order chi connectivity index (χ1) is 27.5. The molecule has 1 atom stereocenters. The van der Waals surface area contributed by atoms with Crippen LogP contribution >= 0.6 is 0 Å². The third-order valence-corrected chi connectivity index (χ3v) is 10.6. The number of nitrogens with zero attached hydrogens (tertiary/aromatic N) is 3. The first-order valence-electron chi connectivity index (χ1n) is 18.4. The molecule has 0 aliphatic carbocycles. The molecule has 9 heteroatoms. The molecule has 0 radical (unpaired) electrons. The number of benzene rings is 6. The summed E-state index contributed by atoms with van der Waals surface area (Å²) in [5.74, 6) is -0.0495. The Hall–Kier alpha value is -6.65. The fourth-order valence-electron chi connectivity index (χ4n) is 8.07. The minimum atomic E-state index is -1.58. The van der Waals surface area contributed by atoms with Gasteiger partial charge in [0.2, 0.25) is 5.95 Å². The molecule has 0 fully saturated rings. The molecule has 0 bridgehead atoms. The lowest BCUT2D eigenvalue weighted by atomic mass is 9.59. The lowest BCUT2D eigenvalue weighted by Crippen LogP contribution is -2.61. The van der Waals surface area contributed by atoms with E-state index < -0.39 is 28.8 Å². The third-order valence-electron chi connectivity index (χ3n) is 10.6. The average Bonchev–Trinajstić information content (AvgIpc) is 3.68. The maximum absolute atomic E-state index is 12.8. The number of nitrogens with two attached hydrogens (primary N) is 1. The average molecular weight is 740 g/mol. The minimum Gasteiger partial charge on any atom is -0.393 e. The second-order valence-corrected chi connectivity index (χ2v) is 13.7. The van der Waals surface area contributed by atoms with Crippen LogP contribution in [0.15, 0.2) is 193 Å². The van der Waals surface area contributed by atoms with Gasteiger partial charge >= 0.3 is 0 Å². The number of H-pyrrole nitrogens is 1. The Morgan fingerprint density at radius 3 is 1.38 bits per heavy atom. The molecule has 1 unspecified atom stereocenters. The van der Waals surface area contributed by atoms with E-state index in [1.54, 1.807) is 4.57 Å². The molecule has 0 saturated heterocycles. The van der Waals surface area contributed by atoms with E-state index in [4.69, 9.17) is 15.2 Å². The zero-order chi connectivity index (χ0) is 38.4. The van der Waals surface area contributed by atoms with E-state index in [0.29, 0.717) is 0 Å². The Kier molecular flexibility index (Phi) is 10.1. The van der Waals surface area contributed by atoms with Crippen LogP contribution in [0.4, 0.5) is 5.95 Å². The Labute approximate surface area is 324 Å². The number of hydrogen-bond acceptors (Lipinski definition) is 7. The van der Waals surface area contributed by atoms with Gasteiger partial charge in [0.15, 0.2) is 11.2 Å².